The summed E-state index contributed by atoms with van der Waals surface area (Å²) in [7, 11) is -3.51. The fraction of sp³-hybridized carbons (Fsp3) is 0.588. The molecule has 5 nitrogen and oxygen atoms in total. The normalized spacial score (nSPS) is 14.8. The number of amides is 1. The van der Waals surface area contributed by atoms with E-state index in [1.165, 1.54) is 0 Å². The van der Waals surface area contributed by atoms with Crippen molar-refractivity contribution < 1.29 is 17.4 Å². The number of carbonyl (C=O) groups excluding carboxylic acids is 1. The Hall–Kier alpha value is -1.56. The molecule has 0 spiro atoms. The summed E-state index contributed by atoms with van der Waals surface area (Å²) in [6, 6.07) is 6.86. The third-order valence-corrected chi connectivity index (χ3v) is 4.25. The molecule has 23 heavy (non-hydrogen) atoms. The fourth-order valence-electron chi connectivity index (χ4n) is 2.32. The van der Waals surface area contributed by atoms with Gasteiger partial charge in [-0.15, -0.1) is 0 Å². The molecule has 0 unspecified atom stereocenters. The summed E-state index contributed by atoms with van der Waals surface area (Å²) in [5, 5.41) is 0. The molecule has 128 valence electrons. The van der Waals surface area contributed by atoms with Crippen LogP contribution in [0, 0.1) is 11.8 Å². The predicted octanol–water partition coefficient (Wildman–Crippen LogP) is 2.81. The maximum atomic E-state index is 12.4. The summed E-state index contributed by atoms with van der Waals surface area (Å²) in [6.07, 6.45) is 3.99. The number of carbonyl (C=O) groups is 1. The lowest BCUT2D eigenvalue weighted by Gasteiger charge is -2.24. The Bertz CT molecular complexity index is 633. The molecule has 1 aromatic rings. The maximum absolute atomic E-state index is 12.4. The minimum absolute atomic E-state index is 0.204. The minimum atomic E-state index is -3.51. The van der Waals surface area contributed by atoms with Crippen molar-refractivity contribution in [3.8, 4) is 5.75 Å². The van der Waals surface area contributed by atoms with Crippen molar-refractivity contribution >= 4 is 16.0 Å². The van der Waals surface area contributed by atoms with E-state index >= 15 is 0 Å². The van der Waals surface area contributed by atoms with Crippen molar-refractivity contribution in [3.63, 3.8) is 0 Å². The van der Waals surface area contributed by atoms with Gasteiger partial charge in [-0.2, -0.15) is 8.42 Å². The molecule has 1 saturated carbocycles. The van der Waals surface area contributed by atoms with Crippen molar-refractivity contribution in [1.29, 1.82) is 0 Å². The van der Waals surface area contributed by atoms with Crippen molar-refractivity contribution in [1.82, 2.24) is 4.90 Å². The molecule has 1 aromatic carbocycles. The molecule has 0 aromatic heterocycles. The first kappa shape index (κ1) is 17.8. The standard InChI is InChI=1S/C17H25NO4S/c1-13(2)10-11-18(17(19)15-6-7-15)12-14-4-8-16(9-5-14)22-23(3,20)21/h4-5,8-9,13,15H,6-7,10-12H2,1-3H3. The molecule has 0 bridgehead atoms. The van der Waals surface area contributed by atoms with Crippen LogP contribution in [0.25, 0.3) is 0 Å². The van der Waals surface area contributed by atoms with Gasteiger partial charge < -0.3 is 9.08 Å². The molecule has 0 N–H and O–H groups in total. The average Bonchev–Trinajstić information content (AvgIpc) is 3.27. The molecule has 0 saturated heterocycles. The maximum Gasteiger partial charge on any atom is 0.306 e. The minimum Gasteiger partial charge on any atom is -0.383 e. The molecule has 1 fully saturated rings. The summed E-state index contributed by atoms with van der Waals surface area (Å²) in [4.78, 5) is 14.3. The van der Waals surface area contributed by atoms with E-state index in [1.807, 2.05) is 17.0 Å². The van der Waals surface area contributed by atoms with Gasteiger partial charge in [-0.05, 0) is 42.9 Å². The second-order valence-electron chi connectivity index (χ2n) is 6.65. The Kier molecular flexibility index (Phi) is 5.68. The van der Waals surface area contributed by atoms with Gasteiger partial charge >= 0.3 is 10.1 Å². The SMILES string of the molecule is CC(C)CCN(Cc1ccc(OS(C)(=O)=O)cc1)C(=O)C1CC1. The number of rotatable bonds is 8. The van der Waals surface area contributed by atoms with Gasteiger partial charge in [-0.1, -0.05) is 26.0 Å². The molecule has 0 heterocycles. The zero-order valence-electron chi connectivity index (χ0n) is 14.0. The highest BCUT2D eigenvalue weighted by atomic mass is 32.2. The van der Waals surface area contributed by atoms with E-state index in [2.05, 4.69) is 13.8 Å². The summed E-state index contributed by atoms with van der Waals surface area (Å²) in [5.41, 5.74) is 0.976. The van der Waals surface area contributed by atoms with Crippen LogP contribution in [0.5, 0.6) is 5.75 Å². The van der Waals surface area contributed by atoms with Gasteiger partial charge in [0.15, 0.2) is 0 Å². The molecule has 0 radical (unpaired) electrons. The Balaban J connectivity index is 2.01. The van der Waals surface area contributed by atoms with Crippen LogP contribution in [0.4, 0.5) is 0 Å². The van der Waals surface area contributed by atoms with Gasteiger partial charge in [0, 0.05) is 19.0 Å². The van der Waals surface area contributed by atoms with Crippen LogP contribution in [0.1, 0.15) is 38.7 Å². The van der Waals surface area contributed by atoms with Crippen molar-refractivity contribution in [2.45, 2.75) is 39.7 Å². The average molecular weight is 339 g/mol. The van der Waals surface area contributed by atoms with Crippen molar-refractivity contribution in [3.05, 3.63) is 29.8 Å². The summed E-state index contributed by atoms with van der Waals surface area (Å²) < 4.78 is 27.0. The zero-order chi connectivity index (χ0) is 17.0. The van der Waals surface area contributed by atoms with Crippen LogP contribution in [0.2, 0.25) is 0 Å². The lowest BCUT2D eigenvalue weighted by Crippen LogP contribution is -2.33. The third kappa shape index (κ3) is 6.22. The monoisotopic (exact) mass is 339 g/mol. The summed E-state index contributed by atoms with van der Waals surface area (Å²) in [5.74, 6) is 1.28. The highest BCUT2D eigenvalue weighted by molar-refractivity contribution is 7.86. The molecule has 1 aliphatic rings. The molecular weight excluding hydrogens is 314 g/mol. The quantitative estimate of drug-likeness (QED) is 0.683. The highest BCUT2D eigenvalue weighted by Gasteiger charge is 2.33. The molecule has 0 atom stereocenters. The Morgan fingerprint density at radius 1 is 1.26 bits per heavy atom. The smallest absolute Gasteiger partial charge is 0.306 e. The molecule has 1 amide bonds. The van der Waals surface area contributed by atoms with E-state index in [0.717, 1.165) is 37.6 Å². The van der Waals surface area contributed by atoms with Crippen LogP contribution in [-0.4, -0.2) is 32.0 Å². The van der Waals surface area contributed by atoms with Gasteiger partial charge in [0.05, 0.1) is 6.26 Å². The third-order valence-electron chi connectivity index (χ3n) is 3.76. The lowest BCUT2D eigenvalue weighted by atomic mass is 10.1. The van der Waals surface area contributed by atoms with Gasteiger partial charge in [-0.25, -0.2) is 0 Å². The molecular formula is C17H25NO4S. The van der Waals surface area contributed by atoms with E-state index in [0.29, 0.717) is 18.2 Å². The first-order valence-electron chi connectivity index (χ1n) is 8.02. The topological polar surface area (TPSA) is 63.7 Å². The molecule has 6 heteroatoms. The van der Waals surface area contributed by atoms with E-state index in [-0.39, 0.29) is 11.8 Å². The van der Waals surface area contributed by atoms with Crippen LogP contribution >= 0.6 is 0 Å². The van der Waals surface area contributed by atoms with E-state index in [9.17, 15) is 13.2 Å². The molecule has 1 aliphatic carbocycles. The largest absolute Gasteiger partial charge is 0.383 e. The van der Waals surface area contributed by atoms with E-state index in [4.69, 9.17) is 4.18 Å². The van der Waals surface area contributed by atoms with Crippen molar-refractivity contribution in [2.75, 3.05) is 12.8 Å². The van der Waals surface area contributed by atoms with Crippen LogP contribution in [0.15, 0.2) is 24.3 Å². The first-order chi connectivity index (χ1) is 10.7. The second-order valence-corrected chi connectivity index (χ2v) is 8.22. The predicted molar refractivity (Wildman–Crippen MR) is 89.5 cm³/mol. The first-order valence-corrected chi connectivity index (χ1v) is 9.83. The van der Waals surface area contributed by atoms with Crippen LogP contribution in [-0.2, 0) is 21.5 Å². The highest BCUT2D eigenvalue weighted by Crippen LogP contribution is 2.31. The number of benzene rings is 1. The van der Waals surface area contributed by atoms with Crippen LogP contribution in [0.3, 0.4) is 0 Å². The van der Waals surface area contributed by atoms with Gasteiger partial charge in [0.2, 0.25) is 5.91 Å². The van der Waals surface area contributed by atoms with E-state index < -0.39 is 10.1 Å². The number of hydrogen-bond donors (Lipinski definition) is 0. The van der Waals surface area contributed by atoms with Gasteiger partial charge in [0.25, 0.3) is 0 Å². The Labute approximate surface area is 138 Å². The summed E-state index contributed by atoms with van der Waals surface area (Å²) >= 11 is 0. The summed E-state index contributed by atoms with van der Waals surface area (Å²) in [6.45, 7) is 5.62. The zero-order valence-corrected chi connectivity index (χ0v) is 14.8. The molecule has 2 rings (SSSR count). The van der Waals surface area contributed by atoms with Crippen molar-refractivity contribution in [2.24, 2.45) is 11.8 Å². The fourth-order valence-corrected chi connectivity index (χ4v) is 2.78. The van der Waals surface area contributed by atoms with Gasteiger partial charge in [-0.3, -0.25) is 4.79 Å². The molecule has 0 aliphatic heterocycles. The van der Waals surface area contributed by atoms with Gasteiger partial charge in [0.1, 0.15) is 5.75 Å². The number of nitrogens with zero attached hydrogens (tertiary/aromatic N) is 1. The lowest BCUT2D eigenvalue weighted by molar-refractivity contribution is -0.133. The van der Waals surface area contributed by atoms with E-state index in [1.54, 1.807) is 12.1 Å². The Morgan fingerprint density at radius 2 is 1.87 bits per heavy atom. The Morgan fingerprint density at radius 3 is 2.35 bits per heavy atom. The van der Waals surface area contributed by atoms with Crippen LogP contribution < -0.4 is 4.18 Å². The second kappa shape index (κ2) is 7.34. The number of hydrogen-bond acceptors (Lipinski definition) is 4.